The molecule has 1 fully saturated rings. The molecule has 0 aromatic carbocycles. The van der Waals surface area contributed by atoms with Crippen molar-refractivity contribution in [3.63, 3.8) is 0 Å². The lowest BCUT2D eigenvalue weighted by molar-refractivity contribution is 0.221. The first-order valence-corrected chi connectivity index (χ1v) is 5.74. The van der Waals surface area contributed by atoms with E-state index in [2.05, 4.69) is 9.97 Å². The predicted octanol–water partition coefficient (Wildman–Crippen LogP) is 2.41. The summed E-state index contributed by atoms with van der Waals surface area (Å²) in [4.78, 5) is 20.6. The fourth-order valence-corrected chi connectivity index (χ4v) is 2.49. The van der Waals surface area contributed by atoms with Crippen LogP contribution in [0.5, 0.6) is 0 Å². The number of likely N-dealkylation sites (tertiary alicyclic amines) is 1. The third-order valence-electron chi connectivity index (χ3n) is 2.56. The Kier molecular flexibility index (Phi) is 2.76. The van der Waals surface area contributed by atoms with Gasteiger partial charge >= 0.3 is 0 Å². The molecule has 0 saturated carbocycles. The predicted molar refractivity (Wildman–Crippen MR) is 61.4 cm³/mol. The van der Waals surface area contributed by atoms with E-state index >= 15 is 0 Å². The second-order valence-corrected chi connectivity index (χ2v) is 4.45. The Labute approximate surface area is 96.2 Å². The fraction of sp³-hybridized carbons (Fsp3) is 0.556. The van der Waals surface area contributed by atoms with Crippen LogP contribution in [-0.2, 0) is 0 Å². The number of carbonyl (C=O) groups excluding carboxylic acids is 1. The molecule has 1 aromatic heterocycles. The van der Waals surface area contributed by atoms with Crippen LogP contribution in [0.15, 0.2) is 6.20 Å². The van der Waals surface area contributed by atoms with Crippen LogP contribution in [0, 0.1) is 6.92 Å². The molecule has 2 rings (SSSR count). The van der Waals surface area contributed by atoms with Gasteiger partial charge in [-0.25, -0.2) is 4.98 Å². The van der Waals surface area contributed by atoms with E-state index in [1.54, 1.807) is 0 Å². The van der Waals surface area contributed by atoms with Crippen molar-refractivity contribution in [2.75, 3.05) is 6.54 Å². The van der Waals surface area contributed by atoms with Gasteiger partial charge in [-0.2, -0.15) is 0 Å². The van der Waals surface area contributed by atoms with Crippen molar-refractivity contribution >= 4 is 26.5 Å². The molecule has 1 amide bonds. The van der Waals surface area contributed by atoms with Crippen molar-refractivity contribution in [2.45, 2.75) is 25.8 Å². The summed E-state index contributed by atoms with van der Waals surface area (Å²) in [6.07, 6.45) is 3.95. The Morgan fingerprint density at radius 3 is 3.14 bits per heavy atom. The third-order valence-corrected chi connectivity index (χ3v) is 3.18. The molecule has 0 radical (unpaired) electrons. The number of hydrogen-bond acceptors (Lipinski definition) is 2. The maximum atomic E-state index is 11.3. The van der Waals surface area contributed by atoms with Gasteiger partial charge in [0.2, 0.25) is 0 Å². The van der Waals surface area contributed by atoms with Crippen LogP contribution < -0.4 is 0 Å². The molecule has 76 valence electrons. The molecule has 4 nitrogen and oxygen atoms in total. The molecule has 1 unspecified atom stereocenters. The van der Waals surface area contributed by atoms with Crippen LogP contribution in [0.3, 0.4) is 0 Å². The minimum Gasteiger partial charge on any atom is -0.344 e. The lowest BCUT2D eigenvalue weighted by atomic mass is 10.2. The molecular formula is C9H12IN3O. The van der Waals surface area contributed by atoms with Crippen LogP contribution >= 0.6 is 22.6 Å². The van der Waals surface area contributed by atoms with Crippen molar-refractivity contribution in [1.29, 1.82) is 0 Å². The second kappa shape index (κ2) is 3.88. The van der Waals surface area contributed by atoms with Gasteiger partial charge in [0.1, 0.15) is 5.82 Å². The van der Waals surface area contributed by atoms with Gasteiger partial charge in [-0.15, -0.1) is 0 Å². The first-order chi connectivity index (χ1) is 6.68. The Hall–Kier alpha value is -0.590. The standard InChI is InChI=1S/C9H12IN3O/c1-6-11-5-7(12-6)8-3-2-4-13(8)9(10)14/h5,8H,2-4H2,1H3,(H,11,12). The lowest BCUT2D eigenvalue weighted by Gasteiger charge is -2.20. The summed E-state index contributed by atoms with van der Waals surface area (Å²) in [6.45, 7) is 2.79. The monoisotopic (exact) mass is 305 g/mol. The van der Waals surface area contributed by atoms with E-state index in [0.29, 0.717) is 0 Å². The van der Waals surface area contributed by atoms with E-state index < -0.39 is 0 Å². The maximum absolute atomic E-state index is 11.3. The Morgan fingerprint density at radius 1 is 1.79 bits per heavy atom. The van der Waals surface area contributed by atoms with Gasteiger partial charge in [-0.3, -0.25) is 4.79 Å². The van der Waals surface area contributed by atoms with Crippen molar-refractivity contribution < 1.29 is 4.79 Å². The van der Waals surface area contributed by atoms with Crippen LogP contribution in [0.25, 0.3) is 0 Å². The van der Waals surface area contributed by atoms with Crippen LogP contribution in [0.1, 0.15) is 30.4 Å². The molecule has 1 N–H and O–H groups in total. The lowest BCUT2D eigenvalue weighted by Crippen LogP contribution is -2.25. The summed E-state index contributed by atoms with van der Waals surface area (Å²) in [5.74, 6) is 0.910. The summed E-state index contributed by atoms with van der Waals surface area (Å²) in [6, 6.07) is 0.209. The molecule has 1 saturated heterocycles. The van der Waals surface area contributed by atoms with Crippen LogP contribution in [-0.4, -0.2) is 25.3 Å². The minimum absolute atomic E-state index is 0.123. The van der Waals surface area contributed by atoms with E-state index in [9.17, 15) is 4.79 Å². The zero-order valence-corrected chi connectivity index (χ0v) is 10.1. The van der Waals surface area contributed by atoms with Gasteiger partial charge < -0.3 is 9.88 Å². The van der Waals surface area contributed by atoms with E-state index in [4.69, 9.17) is 0 Å². The molecule has 0 spiro atoms. The van der Waals surface area contributed by atoms with Gasteiger partial charge in [0.05, 0.1) is 17.9 Å². The number of amides is 1. The van der Waals surface area contributed by atoms with Gasteiger partial charge in [0.25, 0.3) is 3.91 Å². The maximum Gasteiger partial charge on any atom is 0.283 e. The van der Waals surface area contributed by atoms with Crippen LogP contribution in [0.4, 0.5) is 4.79 Å². The van der Waals surface area contributed by atoms with Crippen molar-refractivity contribution in [1.82, 2.24) is 14.9 Å². The number of aryl methyl sites for hydroxylation is 1. The first-order valence-electron chi connectivity index (χ1n) is 4.66. The van der Waals surface area contributed by atoms with Gasteiger partial charge in [-0.05, 0) is 19.8 Å². The molecule has 1 atom stereocenters. The number of aromatic nitrogens is 2. The molecule has 1 aliphatic rings. The zero-order chi connectivity index (χ0) is 10.1. The highest BCUT2D eigenvalue weighted by Gasteiger charge is 2.29. The number of H-pyrrole nitrogens is 1. The topological polar surface area (TPSA) is 49.0 Å². The Bertz CT molecular complexity index is 350. The smallest absolute Gasteiger partial charge is 0.283 e. The average molecular weight is 305 g/mol. The highest BCUT2D eigenvalue weighted by molar-refractivity contribution is 14.1. The summed E-state index contributed by atoms with van der Waals surface area (Å²) >= 11 is 1.85. The molecule has 14 heavy (non-hydrogen) atoms. The molecule has 2 heterocycles. The average Bonchev–Trinajstić information content (AvgIpc) is 2.70. The summed E-state index contributed by atoms with van der Waals surface area (Å²) in [5.41, 5.74) is 1.06. The number of imidazole rings is 1. The molecular weight excluding hydrogens is 293 g/mol. The largest absolute Gasteiger partial charge is 0.344 e. The quantitative estimate of drug-likeness (QED) is 0.492. The fourth-order valence-electron chi connectivity index (χ4n) is 1.91. The Balaban J connectivity index is 2.21. The zero-order valence-electron chi connectivity index (χ0n) is 7.96. The van der Waals surface area contributed by atoms with Gasteiger partial charge in [-0.1, -0.05) is 0 Å². The SMILES string of the molecule is Cc1ncc(C2CCCN2C(=O)I)[nH]1. The molecule has 0 aliphatic carbocycles. The van der Waals surface area contributed by atoms with Gasteiger partial charge in [0, 0.05) is 29.1 Å². The number of rotatable bonds is 1. The van der Waals surface area contributed by atoms with E-state index in [-0.39, 0.29) is 9.96 Å². The molecule has 0 bridgehead atoms. The first kappa shape index (κ1) is 9.95. The summed E-state index contributed by atoms with van der Waals surface area (Å²) < 4.78 is 0.123. The second-order valence-electron chi connectivity index (χ2n) is 3.53. The van der Waals surface area contributed by atoms with Crippen molar-refractivity contribution in [3.05, 3.63) is 17.7 Å². The Morgan fingerprint density at radius 2 is 2.57 bits per heavy atom. The third kappa shape index (κ3) is 1.77. The summed E-state index contributed by atoms with van der Waals surface area (Å²) in [5, 5.41) is 0. The minimum atomic E-state index is 0.123. The molecule has 1 aliphatic heterocycles. The van der Waals surface area contributed by atoms with Crippen molar-refractivity contribution in [2.24, 2.45) is 0 Å². The number of hydrogen-bond donors (Lipinski definition) is 1. The normalized spacial score (nSPS) is 21.6. The molecule has 1 aromatic rings. The van der Waals surface area contributed by atoms with Crippen molar-refractivity contribution in [3.8, 4) is 0 Å². The number of nitrogens with one attached hydrogen (secondary N) is 1. The highest BCUT2D eigenvalue weighted by atomic mass is 127. The number of halogens is 1. The van der Waals surface area contributed by atoms with E-state index in [0.717, 1.165) is 30.9 Å². The van der Waals surface area contributed by atoms with Crippen LogP contribution in [0.2, 0.25) is 0 Å². The number of carbonyl (C=O) groups is 1. The summed E-state index contributed by atoms with van der Waals surface area (Å²) in [7, 11) is 0. The van der Waals surface area contributed by atoms with E-state index in [1.807, 2.05) is 40.6 Å². The number of aromatic amines is 1. The molecule has 5 heteroatoms. The van der Waals surface area contributed by atoms with Gasteiger partial charge in [0.15, 0.2) is 0 Å². The number of nitrogens with zero attached hydrogens (tertiary/aromatic N) is 2. The highest BCUT2D eigenvalue weighted by Crippen LogP contribution is 2.32. The van der Waals surface area contributed by atoms with E-state index in [1.165, 1.54) is 0 Å².